The Labute approximate surface area is 218 Å². The Bertz CT molecular complexity index is 1430. The van der Waals surface area contributed by atoms with Gasteiger partial charge in [0.15, 0.2) is 5.65 Å². The van der Waals surface area contributed by atoms with E-state index < -0.39 is 11.7 Å². The minimum Gasteiger partial charge on any atom is -0.352 e. The summed E-state index contributed by atoms with van der Waals surface area (Å²) in [5.41, 5.74) is 1.98. The largest absolute Gasteiger partial charge is 0.416 e. The lowest BCUT2D eigenvalue weighted by molar-refractivity contribution is -0.137. The highest BCUT2D eigenvalue weighted by molar-refractivity contribution is 5.95. The van der Waals surface area contributed by atoms with Crippen LogP contribution in [0.15, 0.2) is 54.6 Å². The van der Waals surface area contributed by atoms with Crippen LogP contribution in [0.3, 0.4) is 0 Å². The number of aromatic nitrogens is 4. The van der Waals surface area contributed by atoms with Gasteiger partial charge < -0.3 is 9.80 Å². The number of carbonyl (C=O) groups excluding carboxylic acids is 1. The summed E-state index contributed by atoms with van der Waals surface area (Å²) in [4.78, 5) is 26.7. The number of rotatable bonds is 6. The number of anilines is 1. The third-order valence-corrected chi connectivity index (χ3v) is 6.81. The Morgan fingerprint density at radius 1 is 0.947 bits per heavy atom. The lowest BCUT2D eigenvalue weighted by atomic mass is 10.1. The van der Waals surface area contributed by atoms with Crippen LogP contribution >= 0.6 is 0 Å². The molecule has 7 nitrogen and oxygen atoms in total. The van der Waals surface area contributed by atoms with Gasteiger partial charge in [-0.15, -0.1) is 0 Å². The van der Waals surface area contributed by atoms with Crippen molar-refractivity contribution in [3.05, 3.63) is 77.2 Å². The number of amides is 1. The van der Waals surface area contributed by atoms with Crippen molar-refractivity contribution in [2.75, 3.05) is 31.1 Å². The molecule has 1 saturated heterocycles. The zero-order valence-electron chi connectivity index (χ0n) is 21.4. The van der Waals surface area contributed by atoms with Crippen molar-refractivity contribution in [1.82, 2.24) is 24.6 Å². The fourth-order valence-electron chi connectivity index (χ4n) is 4.74. The number of fused-ring (bicyclic) bond motifs is 1. The third kappa shape index (κ3) is 5.07. The number of unbranched alkanes of at least 4 members (excludes halogenated alkanes) is 1. The second-order valence-electron chi connectivity index (χ2n) is 9.45. The SMILES string of the molecule is CCCCc1nc(N2CCN(C(=O)c3ccc(C(F)(F)F)cc3)CC2)c2c(C)nn(-c3ccccc3)c2n1. The van der Waals surface area contributed by atoms with Crippen LogP contribution < -0.4 is 4.90 Å². The van der Waals surface area contributed by atoms with Crippen LogP contribution in [0.25, 0.3) is 16.7 Å². The first-order valence-corrected chi connectivity index (χ1v) is 12.8. The summed E-state index contributed by atoms with van der Waals surface area (Å²) in [5.74, 6) is 1.29. The minimum absolute atomic E-state index is 0.248. The number of nitrogens with zero attached hydrogens (tertiary/aromatic N) is 6. The smallest absolute Gasteiger partial charge is 0.352 e. The second-order valence-corrected chi connectivity index (χ2v) is 9.45. The molecule has 198 valence electrons. The van der Waals surface area contributed by atoms with Gasteiger partial charge in [0.25, 0.3) is 5.91 Å². The van der Waals surface area contributed by atoms with Crippen molar-refractivity contribution in [3.63, 3.8) is 0 Å². The Balaban J connectivity index is 1.41. The van der Waals surface area contributed by atoms with Crippen LogP contribution in [-0.2, 0) is 12.6 Å². The standard InChI is InChI=1S/C28H29F3N6O/c1-3-4-10-23-32-25(24-19(2)34-37(26(24)33-23)22-8-6-5-7-9-22)35-15-17-36(18-16-35)27(38)20-11-13-21(14-12-20)28(29,30)31/h5-9,11-14H,3-4,10,15-18H2,1-2H3. The van der Waals surface area contributed by atoms with Gasteiger partial charge in [0.05, 0.1) is 22.3 Å². The van der Waals surface area contributed by atoms with Crippen LogP contribution in [0.1, 0.15) is 47.2 Å². The van der Waals surface area contributed by atoms with Crippen LogP contribution in [-0.4, -0.2) is 56.7 Å². The predicted octanol–water partition coefficient (Wildman–Crippen LogP) is 5.45. The van der Waals surface area contributed by atoms with E-state index in [1.807, 2.05) is 41.9 Å². The van der Waals surface area contributed by atoms with Gasteiger partial charge >= 0.3 is 6.18 Å². The third-order valence-electron chi connectivity index (χ3n) is 6.81. The number of halogens is 3. The van der Waals surface area contributed by atoms with Gasteiger partial charge in [-0.2, -0.15) is 18.3 Å². The maximum atomic E-state index is 13.0. The first-order valence-electron chi connectivity index (χ1n) is 12.8. The average Bonchev–Trinajstić information content (AvgIpc) is 3.27. The fraction of sp³-hybridized carbons (Fsp3) is 0.357. The summed E-state index contributed by atoms with van der Waals surface area (Å²) in [7, 11) is 0. The summed E-state index contributed by atoms with van der Waals surface area (Å²) in [6.45, 7) is 6.03. The van der Waals surface area contributed by atoms with Gasteiger partial charge in [0, 0.05) is 38.2 Å². The van der Waals surface area contributed by atoms with Gasteiger partial charge in [0.1, 0.15) is 11.6 Å². The number of carbonyl (C=O) groups is 1. The molecular formula is C28H29F3N6O. The molecule has 0 spiro atoms. The highest BCUT2D eigenvalue weighted by atomic mass is 19.4. The number of para-hydroxylation sites is 1. The second kappa shape index (κ2) is 10.4. The lowest BCUT2D eigenvalue weighted by Gasteiger charge is -2.36. The number of benzene rings is 2. The molecule has 1 aliphatic rings. The molecule has 0 radical (unpaired) electrons. The number of aryl methyl sites for hydroxylation is 2. The Morgan fingerprint density at radius 3 is 2.26 bits per heavy atom. The fourth-order valence-corrected chi connectivity index (χ4v) is 4.74. The van der Waals surface area contributed by atoms with E-state index in [1.165, 1.54) is 12.1 Å². The molecule has 38 heavy (non-hydrogen) atoms. The zero-order valence-corrected chi connectivity index (χ0v) is 21.4. The summed E-state index contributed by atoms with van der Waals surface area (Å²) in [6, 6.07) is 14.3. The first kappa shape index (κ1) is 25.7. The topological polar surface area (TPSA) is 67.2 Å². The van der Waals surface area contributed by atoms with Crippen molar-refractivity contribution in [2.24, 2.45) is 0 Å². The number of alkyl halides is 3. The molecule has 10 heteroatoms. The van der Waals surface area contributed by atoms with Crippen molar-refractivity contribution in [2.45, 2.75) is 39.3 Å². The zero-order chi connectivity index (χ0) is 26.9. The van der Waals surface area contributed by atoms with Crippen molar-refractivity contribution in [3.8, 4) is 5.69 Å². The van der Waals surface area contributed by atoms with Crippen molar-refractivity contribution >= 4 is 22.8 Å². The highest BCUT2D eigenvalue weighted by Gasteiger charge is 2.31. The summed E-state index contributed by atoms with van der Waals surface area (Å²) >= 11 is 0. The van der Waals surface area contributed by atoms with E-state index in [0.29, 0.717) is 26.2 Å². The van der Waals surface area contributed by atoms with E-state index in [9.17, 15) is 18.0 Å². The number of piperazine rings is 1. The molecule has 0 bridgehead atoms. The van der Waals surface area contributed by atoms with E-state index in [4.69, 9.17) is 15.1 Å². The van der Waals surface area contributed by atoms with E-state index >= 15 is 0 Å². The molecule has 1 aliphatic heterocycles. The number of hydrogen-bond donors (Lipinski definition) is 0. The molecule has 2 aromatic carbocycles. The lowest BCUT2D eigenvalue weighted by Crippen LogP contribution is -2.49. The Hall–Kier alpha value is -3.95. The summed E-state index contributed by atoms with van der Waals surface area (Å²) in [6.07, 6.45) is -1.68. The highest BCUT2D eigenvalue weighted by Crippen LogP contribution is 2.31. The molecule has 0 atom stereocenters. The molecule has 0 unspecified atom stereocenters. The van der Waals surface area contributed by atoms with E-state index in [0.717, 1.165) is 65.5 Å². The van der Waals surface area contributed by atoms with Gasteiger partial charge in [-0.3, -0.25) is 4.79 Å². The van der Waals surface area contributed by atoms with Crippen LogP contribution in [0.5, 0.6) is 0 Å². The Morgan fingerprint density at radius 2 is 1.63 bits per heavy atom. The average molecular weight is 523 g/mol. The molecule has 1 fully saturated rings. The molecule has 0 N–H and O–H groups in total. The molecule has 2 aromatic heterocycles. The molecule has 3 heterocycles. The molecule has 0 aliphatic carbocycles. The van der Waals surface area contributed by atoms with Crippen LogP contribution in [0, 0.1) is 6.92 Å². The van der Waals surface area contributed by atoms with Crippen molar-refractivity contribution < 1.29 is 18.0 Å². The van der Waals surface area contributed by atoms with Crippen molar-refractivity contribution in [1.29, 1.82) is 0 Å². The molecule has 4 aromatic rings. The van der Waals surface area contributed by atoms with E-state index in [2.05, 4.69) is 11.8 Å². The molecular weight excluding hydrogens is 493 g/mol. The predicted molar refractivity (Wildman–Crippen MR) is 140 cm³/mol. The van der Waals surface area contributed by atoms with Gasteiger partial charge in [-0.25, -0.2) is 14.6 Å². The van der Waals surface area contributed by atoms with E-state index in [1.54, 1.807) is 4.90 Å². The molecule has 0 saturated carbocycles. The van der Waals surface area contributed by atoms with Crippen LogP contribution in [0.4, 0.5) is 19.0 Å². The summed E-state index contributed by atoms with van der Waals surface area (Å²) in [5, 5.41) is 5.67. The monoisotopic (exact) mass is 522 g/mol. The first-order chi connectivity index (χ1) is 18.3. The summed E-state index contributed by atoms with van der Waals surface area (Å²) < 4.78 is 40.5. The van der Waals surface area contributed by atoms with Crippen LogP contribution in [0.2, 0.25) is 0 Å². The maximum absolute atomic E-state index is 13.0. The molecule has 1 amide bonds. The Kier molecular flexibility index (Phi) is 7.05. The van der Waals surface area contributed by atoms with Gasteiger partial charge in [-0.05, 0) is 49.7 Å². The van der Waals surface area contributed by atoms with E-state index in [-0.39, 0.29) is 11.5 Å². The molecule has 5 rings (SSSR count). The number of hydrogen-bond acceptors (Lipinski definition) is 5. The maximum Gasteiger partial charge on any atom is 0.416 e. The normalized spacial score (nSPS) is 14.3. The minimum atomic E-state index is -4.43. The quantitative estimate of drug-likeness (QED) is 0.337. The van der Waals surface area contributed by atoms with Gasteiger partial charge in [0.2, 0.25) is 0 Å². The van der Waals surface area contributed by atoms with Gasteiger partial charge in [-0.1, -0.05) is 31.5 Å².